The maximum absolute atomic E-state index is 12.6. The van der Waals surface area contributed by atoms with Crippen molar-refractivity contribution in [1.29, 1.82) is 0 Å². The van der Waals surface area contributed by atoms with Crippen LogP contribution in [0.2, 0.25) is 5.02 Å². The molecule has 4 atom stereocenters. The Morgan fingerprint density at radius 2 is 1.81 bits per heavy atom. The van der Waals surface area contributed by atoms with Crippen LogP contribution in [-0.2, 0) is 9.59 Å². The predicted octanol–water partition coefficient (Wildman–Crippen LogP) is 3.74. The summed E-state index contributed by atoms with van der Waals surface area (Å²) in [7, 11) is 0. The van der Waals surface area contributed by atoms with E-state index in [1.165, 1.54) is 6.21 Å². The molecule has 2 aromatic rings. The van der Waals surface area contributed by atoms with E-state index in [9.17, 15) is 9.59 Å². The summed E-state index contributed by atoms with van der Waals surface area (Å²) in [6.45, 7) is 0. The Labute approximate surface area is 154 Å². The molecule has 6 heteroatoms. The van der Waals surface area contributed by atoms with Crippen LogP contribution in [0.5, 0.6) is 0 Å². The molecule has 130 valence electrons. The molecule has 0 spiro atoms. The summed E-state index contributed by atoms with van der Waals surface area (Å²) < 4.78 is 5.73. The van der Waals surface area contributed by atoms with Crippen molar-refractivity contribution in [1.82, 2.24) is 5.01 Å². The largest absolute Gasteiger partial charge is 0.455 e. The SMILES string of the molecule is O=C1[C@H]2[C@H](C(=O)N1/N=C\c1ccc(-c3cccc(Cl)c3)o1)[C@H]1C=C[C@H]2C1. The zero-order chi connectivity index (χ0) is 17.8. The molecule has 2 aliphatic carbocycles. The molecule has 1 saturated carbocycles. The summed E-state index contributed by atoms with van der Waals surface area (Å²) in [6, 6.07) is 10.9. The van der Waals surface area contributed by atoms with Crippen LogP contribution in [0.15, 0.2) is 58.1 Å². The van der Waals surface area contributed by atoms with Crippen molar-refractivity contribution in [2.45, 2.75) is 6.42 Å². The first kappa shape index (κ1) is 15.6. The van der Waals surface area contributed by atoms with Gasteiger partial charge in [-0.1, -0.05) is 35.9 Å². The molecular formula is C20H15ClN2O3. The number of benzene rings is 1. The third-order valence-electron chi connectivity index (χ3n) is 5.48. The molecular weight excluding hydrogens is 352 g/mol. The van der Waals surface area contributed by atoms with Gasteiger partial charge in [0.2, 0.25) is 0 Å². The average molecular weight is 367 g/mol. The molecule has 2 fully saturated rings. The van der Waals surface area contributed by atoms with Crippen molar-refractivity contribution < 1.29 is 14.0 Å². The lowest BCUT2D eigenvalue weighted by molar-refractivity contribution is -0.140. The molecule has 2 heterocycles. The Hall–Kier alpha value is -2.66. The monoisotopic (exact) mass is 366 g/mol. The second kappa shape index (κ2) is 5.68. The molecule has 1 aromatic heterocycles. The van der Waals surface area contributed by atoms with Gasteiger partial charge in [0.15, 0.2) is 0 Å². The van der Waals surface area contributed by atoms with Gasteiger partial charge in [0, 0.05) is 10.6 Å². The van der Waals surface area contributed by atoms with Crippen LogP contribution < -0.4 is 0 Å². The maximum Gasteiger partial charge on any atom is 0.254 e. The van der Waals surface area contributed by atoms with Gasteiger partial charge in [-0.25, -0.2) is 0 Å². The average Bonchev–Trinajstić information content (AvgIpc) is 3.39. The molecule has 3 aliphatic rings. The Morgan fingerprint density at radius 3 is 2.50 bits per heavy atom. The highest BCUT2D eigenvalue weighted by Gasteiger charge is 2.59. The van der Waals surface area contributed by atoms with Crippen LogP contribution in [0.4, 0.5) is 0 Å². The number of carbonyl (C=O) groups excluding carboxylic acids is 2. The van der Waals surface area contributed by atoms with E-state index in [0.29, 0.717) is 16.5 Å². The Balaban J connectivity index is 1.37. The van der Waals surface area contributed by atoms with Crippen molar-refractivity contribution >= 4 is 29.6 Å². The van der Waals surface area contributed by atoms with Gasteiger partial charge < -0.3 is 4.42 Å². The van der Waals surface area contributed by atoms with Gasteiger partial charge in [-0.3, -0.25) is 9.59 Å². The molecule has 2 amide bonds. The van der Waals surface area contributed by atoms with Crippen LogP contribution in [0.1, 0.15) is 12.2 Å². The minimum atomic E-state index is -0.242. The Bertz CT molecular complexity index is 947. The van der Waals surface area contributed by atoms with E-state index in [1.807, 2.05) is 12.1 Å². The van der Waals surface area contributed by atoms with Gasteiger partial charge in [-0.2, -0.15) is 10.1 Å². The Morgan fingerprint density at radius 1 is 1.08 bits per heavy atom. The smallest absolute Gasteiger partial charge is 0.254 e. The van der Waals surface area contributed by atoms with E-state index >= 15 is 0 Å². The van der Waals surface area contributed by atoms with Crippen LogP contribution >= 0.6 is 11.6 Å². The number of hydrogen-bond donors (Lipinski definition) is 0. The van der Waals surface area contributed by atoms with Crippen molar-refractivity contribution in [3.8, 4) is 11.3 Å². The van der Waals surface area contributed by atoms with Crippen molar-refractivity contribution in [3.63, 3.8) is 0 Å². The van der Waals surface area contributed by atoms with Crippen LogP contribution in [-0.4, -0.2) is 23.0 Å². The fourth-order valence-corrected chi connectivity index (χ4v) is 4.52. The number of imide groups is 1. The van der Waals surface area contributed by atoms with E-state index in [0.717, 1.165) is 17.0 Å². The van der Waals surface area contributed by atoms with E-state index in [2.05, 4.69) is 17.3 Å². The predicted molar refractivity (Wildman–Crippen MR) is 96.3 cm³/mol. The number of rotatable bonds is 3. The van der Waals surface area contributed by atoms with Gasteiger partial charge in [0.1, 0.15) is 11.5 Å². The molecule has 5 nitrogen and oxygen atoms in total. The summed E-state index contributed by atoms with van der Waals surface area (Å²) in [4.78, 5) is 25.2. The van der Waals surface area contributed by atoms with Crippen LogP contribution in [0, 0.1) is 23.7 Å². The van der Waals surface area contributed by atoms with Gasteiger partial charge in [-0.15, -0.1) is 0 Å². The molecule has 0 unspecified atom stereocenters. The van der Waals surface area contributed by atoms with E-state index in [1.54, 1.807) is 24.3 Å². The summed E-state index contributed by atoms with van der Waals surface area (Å²) in [5.74, 6) is 0.594. The van der Waals surface area contributed by atoms with Gasteiger partial charge in [0.05, 0.1) is 18.1 Å². The lowest BCUT2D eigenvalue weighted by Gasteiger charge is -2.13. The maximum atomic E-state index is 12.6. The first-order valence-corrected chi connectivity index (χ1v) is 8.95. The number of halogens is 1. The third-order valence-corrected chi connectivity index (χ3v) is 5.72. The summed E-state index contributed by atoms with van der Waals surface area (Å²) in [5.41, 5.74) is 0.850. The molecule has 26 heavy (non-hydrogen) atoms. The second-order valence-electron chi connectivity index (χ2n) is 6.95. The quantitative estimate of drug-likeness (QED) is 0.472. The number of nitrogens with zero attached hydrogens (tertiary/aromatic N) is 2. The standard InChI is InChI=1S/C20H15ClN2O3/c21-14-3-1-2-11(9-14)16-7-6-15(26-16)10-22-23-19(24)17-12-4-5-13(8-12)18(17)20(23)25/h1-7,9-10,12-13,17-18H,8H2/b22-10-/t12-,13-,17+,18+/m0/s1. The summed E-state index contributed by atoms with van der Waals surface area (Å²) >= 11 is 6.00. The zero-order valence-corrected chi connectivity index (χ0v) is 14.5. The third kappa shape index (κ3) is 2.27. The normalized spacial score (nSPS) is 29.3. The zero-order valence-electron chi connectivity index (χ0n) is 13.7. The van der Waals surface area contributed by atoms with E-state index in [4.69, 9.17) is 16.0 Å². The van der Waals surface area contributed by atoms with E-state index < -0.39 is 0 Å². The molecule has 0 radical (unpaired) electrons. The highest BCUT2D eigenvalue weighted by Crippen LogP contribution is 2.52. The van der Waals surface area contributed by atoms with Crippen molar-refractivity contribution in [2.24, 2.45) is 28.8 Å². The van der Waals surface area contributed by atoms with Crippen molar-refractivity contribution in [3.05, 3.63) is 59.3 Å². The van der Waals surface area contributed by atoms with Gasteiger partial charge in [0.25, 0.3) is 11.8 Å². The van der Waals surface area contributed by atoms with Crippen LogP contribution in [0.25, 0.3) is 11.3 Å². The molecule has 5 rings (SSSR count). The van der Waals surface area contributed by atoms with Crippen LogP contribution in [0.3, 0.4) is 0 Å². The number of allylic oxidation sites excluding steroid dienone is 2. The van der Waals surface area contributed by atoms with Gasteiger partial charge in [-0.05, 0) is 42.5 Å². The topological polar surface area (TPSA) is 62.9 Å². The molecule has 1 saturated heterocycles. The first-order chi connectivity index (χ1) is 12.6. The number of hydrogen-bond acceptors (Lipinski definition) is 4. The number of furan rings is 1. The van der Waals surface area contributed by atoms with Crippen molar-refractivity contribution in [2.75, 3.05) is 0 Å². The first-order valence-electron chi connectivity index (χ1n) is 8.58. The van der Waals surface area contributed by atoms with E-state index in [-0.39, 0.29) is 35.5 Å². The number of fused-ring (bicyclic) bond motifs is 5. The fraction of sp³-hybridized carbons (Fsp3) is 0.250. The highest BCUT2D eigenvalue weighted by molar-refractivity contribution is 6.30. The molecule has 1 aliphatic heterocycles. The van der Waals surface area contributed by atoms with Gasteiger partial charge >= 0.3 is 0 Å². The molecule has 0 N–H and O–H groups in total. The highest BCUT2D eigenvalue weighted by atomic mass is 35.5. The minimum Gasteiger partial charge on any atom is -0.455 e. The lowest BCUT2D eigenvalue weighted by Crippen LogP contribution is -2.28. The molecule has 1 aromatic carbocycles. The summed E-state index contributed by atoms with van der Waals surface area (Å²) in [5, 5.41) is 5.76. The number of carbonyl (C=O) groups is 2. The lowest BCUT2D eigenvalue weighted by atomic mass is 9.85. The fourth-order valence-electron chi connectivity index (χ4n) is 4.33. The molecule has 2 bridgehead atoms. The number of hydrazone groups is 1. The second-order valence-corrected chi connectivity index (χ2v) is 7.38. The minimum absolute atomic E-state index is 0.180. The summed E-state index contributed by atoms with van der Waals surface area (Å²) in [6.07, 6.45) is 6.45. The number of amides is 2. The Kier molecular flexibility index (Phi) is 3.40.